The van der Waals surface area contributed by atoms with Crippen LogP contribution in [0.15, 0.2) is 18.2 Å². The molecule has 1 aromatic carbocycles. The van der Waals surface area contributed by atoms with Crippen LogP contribution in [-0.4, -0.2) is 31.1 Å². The molecular formula is C15H21Cl2FN2. The first-order chi connectivity index (χ1) is 9.10. The van der Waals surface area contributed by atoms with Crippen LogP contribution in [-0.2, 0) is 0 Å². The smallest absolute Gasteiger partial charge is 0.141 e. The predicted molar refractivity (Wildman–Crippen MR) is 83.2 cm³/mol. The summed E-state index contributed by atoms with van der Waals surface area (Å²) in [4.78, 5) is 2.50. The topological polar surface area (TPSA) is 15.3 Å². The Labute approximate surface area is 131 Å². The molecule has 2 atom stereocenters. The van der Waals surface area contributed by atoms with Gasteiger partial charge in [0.1, 0.15) is 5.82 Å². The van der Waals surface area contributed by atoms with Gasteiger partial charge in [0.15, 0.2) is 0 Å². The van der Waals surface area contributed by atoms with Gasteiger partial charge in [-0.05, 0) is 56.0 Å². The first-order valence-electron chi connectivity index (χ1n) is 6.99. The van der Waals surface area contributed by atoms with E-state index in [1.54, 1.807) is 6.07 Å². The van der Waals surface area contributed by atoms with E-state index in [9.17, 15) is 4.39 Å². The van der Waals surface area contributed by atoms with E-state index in [-0.39, 0.29) is 23.2 Å². The molecule has 0 saturated carbocycles. The van der Waals surface area contributed by atoms with E-state index in [4.69, 9.17) is 11.6 Å². The van der Waals surface area contributed by atoms with E-state index in [2.05, 4.69) is 17.1 Å². The Balaban J connectivity index is 0.00000147. The maximum atomic E-state index is 13.2. The summed E-state index contributed by atoms with van der Waals surface area (Å²) in [5, 5.41) is 3.70. The average Bonchev–Trinajstić information content (AvgIpc) is 3.03. The van der Waals surface area contributed by atoms with Crippen molar-refractivity contribution >= 4 is 24.0 Å². The Morgan fingerprint density at radius 1 is 1.40 bits per heavy atom. The van der Waals surface area contributed by atoms with Crippen molar-refractivity contribution in [3.05, 3.63) is 34.6 Å². The molecule has 5 heteroatoms. The average molecular weight is 319 g/mol. The number of rotatable bonds is 2. The van der Waals surface area contributed by atoms with E-state index in [0.717, 1.165) is 31.7 Å². The standard InChI is InChI=1S/C15H20ClFN2.ClH/c1-11(12-2-3-14(17)13(16)8-12)19-7-5-15(10-19)4-6-18-9-15;/h2-3,8,11,18H,4-7,9-10H2,1H3;1H. The highest BCUT2D eigenvalue weighted by molar-refractivity contribution is 6.30. The van der Waals surface area contributed by atoms with Gasteiger partial charge in [0.25, 0.3) is 0 Å². The SMILES string of the molecule is CC(c1ccc(F)c(Cl)c1)N1CCC2(CCNC2)C1.Cl. The van der Waals surface area contributed by atoms with Crippen molar-refractivity contribution in [2.24, 2.45) is 5.41 Å². The highest BCUT2D eigenvalue weighted by Crippen LogP contribution is 2.39. The molecule has 112 valence electrons. The van der Waals surface area contributed by atoms with Gasteiger partial charge in [-0.1, -0.05) is 17.7 Å². The molecular weight excluding hydrogens is 298 g/mol. The highest BCUT2D eigenvalue weighted by Gasteiger charge is 2.41. The molecule has 20 heavy (non-hydrogen) atoms. The number of nitrogens with zero attached hydrogens (tertiary/aromatic N) is 1. The molecule has 1 aromatic rings. The van der Waals surface area contributed by atoms with E-state index < -0.39 is 0 Å². The zero-order valence-corrected chi connectivity index (χ0v) is 13.2. The minimum Gasteiger partial charge on any atom is -0.316 e. The van der Waals surface area contributed by atoms with Crippen LogP contribution in [0.1, 0.15) is 31.4 Å². The Hall–Kier alpha value is -0.350. The normalized spacial score (nSPS) is 27.8. The van der Waals surface area contributed by atoms with Crippen LogP contribution in [0.4, 0.5) is 4.39 Å². The first-order valence-corrected chi connectivity index (χ1v) is 7.37. The van der Waals surface area contributed by atoms with Crippen molar-refractivity contribution in [2.75, 3.05) is 26.2 Å². The van der Waals surface area contributed by atoms with Gasteiger partial charge in [-0.15, -0.1) is 12.4 Å². The number of likely N-dealkylation sites (tertiary alicyclic amines) is 1. The zero-order chi connectivity index (χ0) is 13.5. The fourth-order valence-corrected chi connectivity index (χ4v) is 3.62. The molecule has 1 N–H and O–H groups in total. The van der Waals surface area contributed by atoms with Gasteiger partial charge in [-0.25, -0.2) is 4.39 Å². The first kappa shape index (κ1) is 16.0. The van der Waals surface area contributed by atoms with Crippen molar-refractivity contribution in [1.82, 2.24) is 10.2 Å². The summed E-state index contributed by atoms with van der Waals surface area (Å²) in [5.74, 6) is -0.337. The van der Waals surface area contributed by atoms with Gasteiger partial charge in [0, 0.05) is 19.1 Å². The van der Waals surface area contributed by atoms with Crippen LogP contribution in [0.3, 0.4) is 0 Å². The largest absolute Gasteiger partial charge is 0.316 e. The fourth-order valence-electron chi connectivity index (χ4n) is 3.43. The summed E-state index contributed by atoms with van der Waals surface area (Å²) in [6.45, 7) is 6.73. The van der Waals surface area contributed by atoms with Crippen LogP contribution < -0.4 is 5.32 Å². The van der Waals surface area contributed by atoms with Crippen molar-refractivity contribution in [3.63, 3.8) is 0 Å². The third-order valence-corrected chi connectivity index (χ3v) is 5.06. The Kier molecular flexibility index (Phi) is 4.96. The number of hydrogen-bond acceptors (Lipinski definition) is 2. The second kappa shape index (κ2) is 6.18. The molecule has 0 aliphatic carbocycles. The van der Waals surface area contributed by atoms with E-state index in [1.807, 2.05) is 6.07 Å². The molecule has 1 spiro atoms. The highest BCUT2D eigenvalue weighted by atomic mass is 35.5. The zero-order valence-electron chi connectivity index (χ0n) is 11.7. The summed E-state index contributed by atoms with van der Waals surface area (Å²) >= 11 is 5.88. The number of nitrogens with one attached hydrogen (secondary N) is 1. The molecule has 0 aromatic heterocycles. The van der Waals surface area contributed by atoms with Crippen LogP contribution in [0.2, 0.25) is 5.02 Å². The van der Waals surface area contributed by atoms with E-state index in [1.165, 1.54) is 18.9 Å². The second-order valence-corrected chi connectivity index (χ2v) is 6.40. The van der Waals surface area contributed by atoms with Crippen molar-refractivity contribution < 1.29 is 4.39 Å². The van der Waals surface area contributed by atoms with Crippen molar-refractivity contribution in [3.8, 4) is 0 Å². The van der Waals surface area contributed by atoms with Crippen molar-refractivity contribution in [1.29, 1.82) is 0 Å². The van der Waals surface area contributed by atoms with Crippen LogP contribution in [0, 0.1) is 11.2 Å². The van der Waals surface area contributed by atoms with Crippen LogP contribution in [0.5, 0.6) is 0 Å². The summed E-state index contributed by atoms with van der Waals surface area (Å²) in [7, 11) is 0. The molecule has 0 bridgehead atoms. The molecule has 2 nitrogen and oxygen atoms in total. The third-order valence-electron chi connectivity index (χ3n) is 4.77. The van der Waals surface area contributed by atoms with Gasteiger partial charge in [-0.2, -0.15) is 0 Å². The molecule has 3 rings (SSSR count). The minimum atomic E-state index is -0.337. The Morgan fingerprint density at radius 3 is 2.85 bits per heavy atom. The summed E-state index contributed by atoms with van der Waals surface area (Å²) < 4.78 is 13.2. The van der Waals surface area contributed by atoms with Gasteiger partial charge >= 0.3 is 0 Å². The van der Waals surface area contributed by atoms with Gasteiger partial charge < -0.3 is 5.32 Å². The summed E-state index contributed by atoms with van der Waals surface area (Å²) in [6.07, 6.45) is 2.54. The lowest BCUT2D eigenvalue weighted by atomic mass is 9.86. The molecule has 0 amide bonds. The van der Waals surface area contributed by atoms with Crippen LogP contribution in [0.25, 0.3) is 0 Å². The minimum absolute atomic E-state index is 0. The molecule has 2 aliphatic rings. The lowest BCUT2D eigenvalue weighted by Gasteiger charge is -2.27. The van der Waals surface area contributed by atoms with Crippen molar-refractivity contribution in [2.45, 2.75) is 25.8 Å². The maximum absolute atomic E-state index is 13.2. The molecule has 2 unspecified atom stereocenters. The van der Waals surface area contributed by atoms with E-state index in [0.29, 0.717) is 11.5 Å². The molecule has 2 aliphatic heterocycles. The summed E-state index contributed by atoms with van der Waals surface area (Å²) in [5.41, 5.74) is 1.58. The Bertz CT molecular complexity index is 475. The van der Waals surface area contributed by atoms with E-state index >= 15 is 0 Å². The second-order valence-electron chi connectivity index (χ2n) is 6.00. The lowest BCUT2D eigenvalue weighted by Crippen LogP contribution is -2.30. The Morgan fingerprint density at radius 2 is 2.20 bits per heavy atom. The third kappa shape index (κ3) is 2.96. The summed E-state index contributed by atoms with van der Waals surface area (Å²) in [6, 6.07) is 5.39. The quantitative estimate of drug-likeness (QED) is 0.895. The molecule has 0 radical (unpaired) electrons. The van der Waals surface area contributed by atoms with Gasteiger partial charge in [0.2, 0.25) is 0 Å². The maximum Gasteiger partial charge on any atom is 0.141 e. The fraction of sp³-hybridized carbons (Fsp3) is 0.600. The number of benzene rings is 1. The molecule has 2 heterocycles. The van der Waals surface area contributed by atoms with Crippen LogP contribution >= 0.6 is 24.0 Å². The molecule has 2 saturated heterocycles. The number of halogens is 3. The number of hydrogen-bond donors (Lipinski definition) is 1. The monoisotopic (exact) mass is 318 g/mol. The lowest BCUT2D eigenvalue weighted by molar-refractivity contribution is 0.223. The predicted octanol–water partition coefficient (Wildman–Crippen LogP) is 3.65. The molecule has 2 fully saturated rings. The van der Waals surface area contributed by atoms with Gasteiger partial charge in [-0.3, -0.25) is 4.90 Å². The van der Waals surface area contributed by atoms with Gasteiger partial charge in [0.05, 0.1) is 5.02 Å².